The number of carbonyl (C=O) groups is 2. The molecule has 3 N–H and O–H groups in total. The molecule has 0 bridgehead atoms. The quantitative estimate of drug-likeness (QED) is 0.360. The van der Waals surface area contributed by atoms with Crippen molar-refractivity contribution < 1.29 is 19.5 Å². The zero-order valence-corrected chi connectivity index (χ0v) is 10.4. The first-order valence-corrected chi connectivity index (χ1v) is 5.82. The molecule has 0 heterocycles. The number of amides is 2. The Hall–Kier alpha value is -1.73. The lowest BCUT2D eigenvalue weighted by Crippen LogP contribution is -2.47. The summed E-state index contributed by atoms with van der Waals surface area (Å²) in [7, 11) is 0. The van der Waals surface area contributed by atoms with Gasteiger partial charge in [0.2, 0.25) is 0 Å². The number of rotatable bonds is 5. The van der Waals surface area contributed by atoms with Crippen molar-refractivity contribution in [3.63, 3.8) is 0 Å². The highest BCUT2D eigenvalue weighted by molar-refractivity contribution is 7.80. The van der Waals surface area contributed by atoms with E-state index in [1.165, 1.54) is 5.48 Å². The first-order valence-electron chi connectivity index (χ1n) is 5.19. The van der Waals surface area contributed by atoms with Crippen LogP contribution in [0.5, 0.6) is 0 Å². The van der Waals surface area contributed by atoms with Crippen molar-refractivity contribution in [1.29, 1.82) is 0 Å². The molecule has 0 unspecified atom stereocenters. The molecule has 0 saturated heterocycles. The van der Waals surface area contributed by atoms with Crippen molar-refractivity contribution in [3.8, 4) is 0 Å². The van der Waals surface area contributed by atoms with Gasteiger partial charge in [0.25, 0.3) is 5.91 Å². The van der Waals surface area contributed by atoms with Gasteiger partial charge in [0.1, 0.15) is 12.6 Å². The summed E-state index contributed by atoms with van der Waals surface area (Å²) in [6.07, 6.45) is -0.749. The summed E-state index contributed by atoms with van der Waals surface area (Å²) in [5.74, 6) is -0.700. The number of carbonyl (C=O) groups excluding carboxylic acids is 2. The molecule has 2 amide bonds. The zero-order valence-electron chi connectivity index (χ0n) is 9.50. The molecule has 6 nitrogen and oxygen atoms in total. The van der Waals surface area contributed by atoms with Gasteiger partial charge in [-0.1, -0.05) is 30.3 Å². The fourth-order valence-corrected chi connectivity index (χ4v) is 1.44. The molecular weight excluding hydrogens is 256 g/mol. The van der Waals surface area contributed by atoms with Gasteiger partial charge in [-0.2, -0.15) is 12.6 Å². The van der Waals surface area contributed by atoms with Gasteiger partial charge in [-0.3, -0.25) is 10.0 Å². The molecule has 0 saturated carbocycles. The molecule has 1 rings (SSSR count). The molecule has 7 heteroatoms. The van der Waals surface area contributed by atoms with E-state index in [1.54, 1.807) is 0 Å². The number of hydroxylamine groups is 1. The van der Waals surface area contributed by atoms with E-state index in [0.29, 0.717) is 0 Å². The van der Waals surface area contributed by atoms with E-state index < -0.39 is 18.0 Å². The van der Waals surface area contributed by atoms with Crippen LogP contribution in [0.15, 0.2) is 30.3 Å². The van der Waals surface area contributed by atoms with Gasteiger partial charge in [-0.15, -0.1) is 0 Å². The van der Waals surface area contributed by atoms with Crippen molar-refractivity contribution in [2.75, 3.05) is 5.75 Å². The minimum Gasteiger partial charge on any atom is -0.445 e. The Balaban J connectivity index is 2.39. The first kappa shape index (κ1) is 14.3. The monoisotopic (exact) mass is 270 g/mol. The number of ether oxygens (including phenoxy) is 1. The normalized spacial score (nSPS) is 11.4. The van der Waals surface area contributed by atoms with Crippen molar-refractivity contribution in [3.05, 3.63) is 35.9 Å². The highest BCUT2D eigenvalue weighted by Gasteiger charge is 2.19. The maximum Gasteiger partial charge on any atom is 0.408 e. The van der Waals surface area contributed by atoms with E-state index in [-0.39, 0.29) is 12.4 Å². The van der Waals surface area contributed by atoms with Crippen LogP contribution in [-0.4, -0.2) is 29.0 Å². The standard InChI is InChI=1S/C11H14N2O4S/c14-10(13-16)9(7-18)12-11(15)17-6-8-4-2-1-3-5-8/h1-5,9,16,18H,6-7H2,(H,12,15)(H,13,14)/t9-/m0/s1. The molecule has 1 aromatic carbocycles. The number of alkyl carbamates (subject to hydrolysis) is 1. The molecule has 98 valence electrons. The van der Waals surface area contributed by atoms with Crippen molar-refractivity contribution in [1.82, 2.24) is 10.8 Å². The van der Waals surface area contributed by atoms with Crippen LogP contribution in [0.2, 0.25) is 0 Å². The summed E-state index contributed by atoms with van der Waals surface area (Å²) in [6.45, 7) is 0.104. The Bertz CT molecular complexity index is 399. The summed E-state index contributed by atoms with van der Waals surface area (Å²) >= 11 is 3.88. The predicted molar refractivity (Wildman–Crippen MR) is 67.3 cm³/mol. The summed E-state index contributed by atoms with van der Waals surface area (Å²) in [6, 6.07) is 8.18. The third-order valence-corrected chi connectivity index (χ3v) is 2.48. The fourth-order valence-electron chi connectivity index (χ4n) is 1.18. The Kier molecular flexibility index (Phi) is 6.03. The SMILES string of the molecule is O=C(N[C@@H](CS)C(=O)NO)OCc1ccccc1. The first-order chi connectivity index (χ1) is 8.67. The third-order valence-electron chi connectivity index (χ3n) is 2.11. The van der Waals surface area contributed by atoms with E-state index in [2.05, 4.69) is 17.9 Å². The molecule has 0 fully saturated rings. The molecule has 1 aromatic rings. The van der Waals surface area contributed by atoms with Crippen LogP contribution < -0.4 is 10.8 Å². The summed E-state index contributed by atoms with van der Waals surface area (Å²) < 4.78 is 4.91. The van der Waals surface area contributed by atoms with Gasteiger partial charge in [0.05, 0.1) is 0 Å². The lowest BCUT2D eigenvalue weighted by Gasteiger charge is -2.14. The summed E-state index contributed by atoms with van der Waals surface area (Å²) in [4.78, 5) is 22.4. The predicted octanol–water partition coefficient (Wildman–Crippen LogP) is 0.717. The van der Waals surface area contributed by atoms with Crippen molar-refractivity contribution in [2.24, 2.45) is 0 Å². The van der Waals surface area contributed by atoms with E-state index in [4.69, 9.17) is 9.94 Å². The van der Waals surface area contributed by atoms with Crippen LogP contribution in [-0.2, 0) is 16.1 Å². The number of thiol groups is 1. The van der Waals surface area contributed by atoms with Crippen LogP contribution in [0.3, 0.4) is 0 Å². The van der Waals surface area contributed by atoms with Gasteiger partial charge in [-0.05, 0) is 5.56 Å². The smallest absolute Gasteiger partial charge is 0.408 e. The Morgan fingerprint density at radius 1 is 1.33 bits per heavy atom. The van der Waals surface area contributed by atoms with Crippen LogP contribution in [0.4, 0.5) is 4.79 Å². The topological polar surface area (TPSA) is 87.7 Å². The van der Waals surface area contributed by atoms with E-state index >= 15 is 0 Å². The lowest BCUT2D eigenvalue weighted by molar-refractivity contribution is -0.130. The molecule has 0 aliphatic rings. The molecule has 1 atom stereocenters. The molecule has 0 aromatic heterocycles. The summed E-state index contributed by atoms with van der Waals surface area (Å²) in [5.41, 5.74) is 2.27. The van der Waals surface area contributed by atoms with E-state index in [9.17, 15) is 9.59 Å². The number of hydrogen-bond acceptors (Lipinski definition) is 5. The van der Waals surface area contributed by atoms with Crippen LogP contribution in [0.1, 0.15) is 5.56 Å². The van der Waals surface area contributed by atoms with Crippen molar-refractivity contribution >= 4 is 24.6 Å². The number of nitrogens with one attached hydrogen (secondary N) is 2. The minimum atomic E-state index is -0.943. The van der Waals surface area contributed by atoms with Gasteiger partial charge in [-0.25, -0.2) is 10.3 Å². The van der Waals surface area contributed by atoms with Gasteiger partial charge in [0.15, 0.2) is 0 Å². The van der Waals surface area contributed by atoms with Gasteiger partial charge >= 0.3 is 6.09 Å². The average molecular weight is 270 g/mol. The highest BCUT2D eigenvalue weighted by Crippen LogP contribution is 2.01. The van der Waals surface area contributed by atoms with Crippen LogP contribution in [0, 0.1) is 0 Å². The second kappa shape index (κ2) is 7.57. The lowest BCUT2D eigenvalue weighted by atomic mass is 10.2. The van der Waals surface area contributed by atoms with Crippen LogP contribution >= 0.6 is 12.6 Å². The molecular formula is C11H14N2O4S. The average Bonchev–Trinajstić information content (AvgIpc) is 2.42. The number of benzene rings is 1. The Morgan fingerprint density at radius 3 is 2.56 bits per heavy atom. The third kappa shape index (κ3) is 4.64. The second-order valence-corrected chi connectivity index (χ2v) is 3.78. The minimum absolute atomic E-state index is 0.0484. The highest BCUT2D eigenvalue weighted by atomic mass is 32.1. The van der Waals surface area contributed by atoms with E-state index in [0.717, 1.165) is 5.56 Å². The Labute approximate surface area is 110 Å². The summed E-state index contributed by atoms with van der Waals surface area (Å²) in [5, 5.41) is 10.7. The van der Waals surface area contributed by atoms with Gasteiger partial charge in [0, 0.05) is 5.75 Å². The molecule has 0 radical (unpaired) electrons. The number of hydrogen-bond donors (Lipinski definition) is 4. The molecule has 0 aliphatic carbocycles. The Morgan fingerprint density at radius 2 is 2.00 bits per heavy atom. The second-order valence-electron chi connectivity index (χ2n) is 3.42. The maximum atomic E-state index is 11.4. The van der Waals surface area contributed by atoms with Crippen molar-refractivity contribution in [2.45, 2.75) is 12.6 Å². The van der Waals surface area contributed by atoms with Gasteiger partial charge < -0.3 is 10.1 Å². The molecule has 0 spiro atoms. The largest absolute Gasteiger partial charge is 0.445 e. The van der Waals surface area contributed by atoms with E-state index in [1.807, 2.05) is 30.3 Å². The molecule has 18 heavy (non-hydrogen) atoms. The fraction of sp³-hybridized carbons (Fsp3) is 0.273. The maximum absolute atomic E-state index is 11.4. The zero-order chi connectivity index (χ0) is 13.4. The van der Waals surface area contributed by atoms with Crippen LogP contribution in [0.25, 0.3) is 0 Å². The molecule has 0 aliphatic heterocycles.